The highest BCUT2D eigenvalue weighted by Gasteiger charge is 2.39. The molecule has 1 aliphatic heterocycles. The Morgan fingerprint density at radius 1 is 1.07 bits per heavy atom. The van der Waals surface area contributed by atoms with Crippen molar-refractivity contribution in [2.75, 3.05) is 25.7 Å². The maximum absolute atomic E-state index is 10.2. The summed E-state index contributed by atoms with van der Waals surface area (Å²) in [6.45, 7) is 0. The number of aryl methyl sites for hydroxylation is 1. The van der Waals surface area contributed by atoms with E-state index in [0.717, 1.165) is 30.8 Å². The number of nitriles is 1. The van der Waals surface area contributed by atoms with Gasteiger partial charge in [-0.15, -0.1) is 23.5 Å². The predicted octanol–water partition coefficient (Wildman–Crippen LogP) is 5.93. The molecule has 1 heterocycles. The fourth-order valence-corrected chi connectivity index (χ4v) is 8.17. The van der Waals surface area contributed by atoms with Crippen LogP contribution in [0.25, 0.3) is 0 Å². The number of methoxy groups -OCH3 is 2. The Labute approximate surface area is 188 Å². The Bertz CT molecular complexity index is 904. The summed E-state index contributed by atoms with van der Waals surface area (Å²) in [6.07, 6.45) is 4.36. The molecule has 2 aliphatic rings. The van der Waals surface area contributed by atoms with Gasteiger partial charge in [0.05, 0.1) is 30.8 Å². The second-order valence-corrected chi connectivity index (χ2v) is 10.9. The summed E-state index contributed by atoms with van der Waals surface area (Å²) in [5, 5.41) is 10.2. The molecule has 3 unspecified atom stereocenters. The molecule has 2 aromatic rings. The molecule has 1 saturated heterocycles. The van der Waals surface area contributed by atoms with E-state index >= 15 is 0 Å². The molecule has 0 amide bonds. The fraction of sp³-hybridized carbons (Fsp3) is 0.480. The van der Waals surface area contributed by atoms with E-state index in [1.807, 2.05) is 12.1 Å². The number of ether oxygens (including phenoxy) is 2. The molecule has 2 aromatic carbocycles. The van der Waals surface area contributed by atoms with E-state index in [4.69, 9.17) is 9.47 Å². The Morgan fingerprint density at radius 3 is 2.57 bits per heavy atom. The van der Waals surface area contributed by atoms with Crippen LogP contribution in [-0.2, 0) is 12.8 Å². The van der Waals surface area contributed by atoms with Crippen LogP contribution in [0.3, 0.4) is 0 Å². The second kappa shape index (κ2) is 10.0. The number of rotatable bonds is 6. The van der Waals surface area contributed by atoms with Crippen molar-refractivity contribution >= 4 is 23.5 Å². The van der Waals surface area contributed by atoms with Crippen LogP contribution in [0, 0.1) is 23.2 Å². The summed E-state index contributed by atoms with van der Waals surface area (Å²) in [5.41, 5.74) is 3.79. The van der Waals surface area contributed by atoms with Gasteiger partial charge in [-0.25, -0.2) is 0 Å². The first-order valence-electron chi connectivity index (χ1n) is 10.7. The van der Waals surface area contributed by atoms with Gasteiger partial charge in [-0.1, -0.05) is 18.2 Å². The maximum Gasteiger partial charge on any atom is 0.119 e. The zero-order valence-corrected chi connectivity index (χ0v) is 19.3. The quantitative estimate of drug-likeness (QED) is 0.558. The van der Waals surface area contributed by atoms with Gasteiger partial charge >= 0.3 is 0 Å². The van der Waals surface area contributed by atoms with Crippen LogP contribution in [0.2, 0.25) is 0 Å². The van der Waals surface area contributed by atoms with Crippen molar-refractivity contribution in [3.05, 3.63) is 59.2 Å². The summed E-state index contributed by atoms with van der Waals surface area (Å²) in [4.78, 5) is 0. The molecule has 3 nitrogen and oxygen atoms in total. The largest absolute Gasteiger partial charge is 0.497 e. The summed E-state index contributed by atoms with van der Waals surface area (Å²) in [5.74, 6) is 5.02. The molecule has 0 radical (unpaired) electrons. The Kier molecular flexibility index (Phi) is 7.17. The molecular formula is C25H29NO2S2. The molecule has 4 rings (SSSR count). The lowest BCUT2D eigenvalue weighted by atomic mass is 9.69. The van der Waals surface area contributed by atoms with Crippen LogP contribution in [-0.4, -0.2) is 30.3 Å². The van der Waals surface area contributed by atoms with E-state index in [9.17, 15) is 5.26 Å². The minimum absolute atomic E-state index is 0.0570. The van der Waals surface area contributed by atoms with Crippen molar-refractivity contribution in [3.8, 4) is 17.6 Å². The zero-order chi connectivity index (χ0) is 20.9. The maximum atomic E-state index is 10.2. The van der Waals surface area contributed by atoms with E-state index in [2.05, 4.69) is 59.9 Å². The predicted molar refractivity (Wildman–Crippen MR) is 127 cm³/mol. The third kappa shape index (κ3) is 4.60. The van der Waals surface area contributed by atoms with Gasteiger partial charge in [0.2, 0.25) is 0 Å². The number of hydrogen-bond acceptors (Lipinski definition) is 5. The first-order valence-corrected chi connectivity index (χ1v) is 12.8. The molecule has 5 heteroatoms. The monoisotopic (exact) mass is 439 g/mol. The van der Waals surface area contributed by atoms with Crippen LogP contribution >= 0.6 is 23.5 Å². The van der Waals surface area contributed by atoms with Crippen molar-refractivity contribution in [1.82, 2.24) is 0 Å². The van der Waals surface area contributed by atoms with Crippen LogP contribution < -0.4 is 9.47 Å². The van der Waals surface area contributed by atoms with Crippen molar-refractivity contribution in [2.24, 2.45) is 11.8 Å². The Morgan fingerprint density at radius 2 is 1.83 bits per heavy atom. The van der Waals surface area contributed by atoms with E-state index in [-0.39, 0.29) is 5.92 Å². The molecule has 1 aliphatic carbocycles. The number of nitrogens with zero attached hydrogens (tertiary/aromatic N) is 1. The Hall–Kier alpha value is -1.77. The zero-order valence-electron chi connectivity index (χ0n) is 17.7. The highest BCUT2D eigenvalue weighted by atomic mass is 32.2. The lowest BCUT2D eigenvalue weighted by Gasteiger charge is -2.40. The number of benzene rings is 2. The minimum Gasteiger partial charge on any atom is -0.497 e. The fourth-order valence-electron chi connectivity index (χ4n) is 4.85. The van der Waals surface area contributed by atoms with Crippen molar-refractivity contribution in [3.63, 3.8) is 0 Å². The molecule has 0 aromatic heterocycles. The van der Waals surface area contributed by atoms with Crippen LogP contribution in [0.1, 0.15) is 35.4 Å². The van der Waals surface area contributed by atoms with Crippen molar-refractivity contribution in [1.29, 1.82) is 5.26 Å². The van der Waals surface area contributed by atoms with Crippen LogP contribution in [0.5, 0.6) is 11.5 Å². The number of fused-ring (bicyclic) bond motifs is 1. The normalized spacial score (nSPS) is 22.6. The van der Waals surface area contributed by atoms with Gasteiger partial charge in [0.1, 0.15) is 11.5 Å². The van der Waals surface area contributed by atoms with Gasteiger partial charge in [-0.2, -0.15) is 5.26 Å². The van der Waals surface area contributed by atoms with Crippen molar-refractivity contribution in [2.45, 2.75) is 36.2 Å². The molecule has 158 valence electrons. The summed E-state index contributed by atoms with van der Waals surface area (Å²) in [6, 6.07) is 17.4. The van der Waals surface area contributed by atoms with Gasteiger partial charge in [-0.05, 0) is 90.0 Å². The van der Waals surface area contributed by atoms with Crippen LogP contribution in [0.4, 0.5) is 0 Å². The molecule has 3 atom stereocenters. The third-order valence-corrected chi connectivity index (χ3v) is 9.58. The van der Waals surface area contributed by atoms with E-state index < -0.39 is 0 Å². The van der Waals surface area contributed by atoms with E-state index in [1.165, 1.54) is 34.6 Å². The Balaban J connectivity index is 1.65. The minimum atomic E-state index is -0.0570. The topological polar surface area (TPSA) is 42.2 Å². The average molecular weight is 440 g/mol. The summed E-state index contributed by atoms with van der Waals surface area (Å²) in [7, 11) is 3.43. The van der Waals surface area contributed by atoms with E-state index in [0.29, 0.717) is 16.4 Å². The van der Waals surface area contributed by atoms with Gasteiger partial charge in [0.25, 0.3) is 0 Å². The summed E-state index contributed by atoms with van der Waals surface area (Å²) >= 11 is 4.19. The number of hydrogen-bond donors (Lipinski definition) is 0. The highest BCUT2D eigenvalue weighted by Crippen LogP contribution is 2.48. The molecular weight excluding hydrogens is 410 g/mol. The van der Waals surface area contributed by atoms with Crippen molar-refractivity contribution < 1.29 is 9.47 Å². The second-order valence-electron chi connectivity index (χ2n) is 8.06. The summed E-state index contributed by atoms with van der Waals surface area (Å²) < 4.78 is 11.4. The standard InChI is InChI=1S/C25H29NO2S2/c1-27-19-6-3-5-17(13-19)14-23(25-29-11-4-12-30-25)22-9-7-18-15-20(28-2)8-10-21(18)24(22)16-26/h3,5-6,8,10,13,15,22-25H,4,7,9,11-12,14H2,1-2H3. The SMILES string of the molecule is COc1cccc(CC(C2SCCCS2)C2CCc3cc(OC)ccc3C2C#N)c1. The molecule has 0 saturated carbocycles. The lowest BCUT2D eigenvalue weighted by molar-refractivity contribution is 0.291. The van der Waals surface area contributed by atoms with E-state index in [1.54, 1.807) is 14.2 Å². The van der Waals surface area contributed by atoms with Gasteiger partial charge in [-0.3, -0.25) is 0 Å². The molecule has 0 spiro atoms. The molecule has 0 bridgehead atoms. The first-order chi connectivity index (χ1) is 14.7. The molecule has 1 fully saturated rings. The van der Waals surface area contributed by atoms with Gasteiger partial charge in [0, 0.05) is 0 Å². The van der Waals surface area contributed by atoms with Gasteiger partial charge in [0.15, 0.2) is 0 Å². The smallest absolute Gasteiger partial charge is 0.119 e. The van der Waals surface area contributed by atoms with Crippen LogP contribution in [0.15, 0.2) is 42.5 Å². The molecule has 30 heavy (non-hydrogen) atoms. The lowest BCUT2D eigenvalue weighted by Crippen LogP contribution is -2.34. The molecule has 0 N–H and O–H groups in total. The number of thioether (sulfide) groups is 2. The first kappa shape index (κ1) is 21.5. The highest BCUT2D eigenvalue weighted by molar-refractivity contribution is 8.17. The third-order valence-electron chi connectivity index (χ3n) is 6.36. The average Bonchev–Trinajstić information content (AvgIpc) is 2.82. The van der Waals surface area contributed by atoms with Gasteiger partial charge < -0.3 is 9.47 Å².